The van der Waals surface area contributed by atoms with Crippen molar-refractivity contribution in [3.05, 3.63) is 56.9 Å². The normalized spacial score (nSPS) is 15.5. The van der Waals surface area contributed by atoms with Crippen LogP contribution in [0.2, 0.25) is 0 Å². The van der Waals surface area contributed by atoms with Crippen LogP contribution in [-0.4, -0.2) is 46.2 Å². The summed E-state index contributed by atoms with van der Waals surface area (Å²) in [6, 6.07) is 8.23. The quantitative estimate of drug-likeness (QED) is 0.858. The zero-order valence-electron chi connectivity index (χ0n) is 15.8. The first-order valence-electron chi connectivity index (χ1n) is 8.89. The van der Waals surface area contributed by atoms with E-state index in [0.29, 0.717) is 5.69 Å². The molecule has 0 aliphatic carbocycles. The smallest absolute Gasteiger partial charge is 0.331 e. The summed E-state index contributed by atoms with van der Waals surface area (Å²) < 4.78 is 8.08. The van der Waals surface area contributed by atoms with E-state index in [4.69, 9.17) is 4.74 Å². The molecular formula is C19H24N4O4. The van der Waals surface area contributed by atoms with Gasteiger partial charge in [0.15, 0.2) is 0 Å². The van der Waals surface area contributed by atoms with Gasteiger partial charge in [0.25, 0.3) is 11.5 Å². The fourth-order valence-corrected chi connectivity index (χ4v) is 3.06. The lowest BCUT2D eigenvalue weighted by Gasteiger charge is -2.29. The van der Waals surface area contributed by atoms with Gasteiger partial charge in [-0.3, -0.25) is 18.7 Å². The highest BCUT2D eigenvalue weighted by molar-refractivity contribution is 6.02. The number of hydrogen-bond acceptors (Lipinski definition) is 5. The van der Waals surface area contributed by atoms with Crippen LogP contribution in [0, 0.1) is 0 Å². The molecule has 0 radical (unpaired) electrons. The number of anilines is 1. The number of benzene rings is 1. The first kappa shape index (κ1) is 18.9. The molecule has 1 aromatic carbocycles. The number of aromatic nitrogens is 2. The first-order chi connectivity index (χ1) is 12.8. The average Bonchev–Trinajstić information content (AvgIpc) is 2.66. The van der Waals surface area contributed by atoms with Crippen LogP contribution in [-0.2, 0) is 14.1 Å². The molecule has 8 heteroatoms. The van der Waals surface area contributed by atoms with Crippen LogP contribution < -0.4 is 21.3 Å². The van der Waals surface area contributed by atoms with Gasteiger partial charge < -0.3 is 15.0 Å². The van der Waals surface area contributed by atoms with E-state index in [2.05, 4.69) is 17.3 Å². The summed E-state index contributed by atoms with van der Waals surface area (Å²) in [6.45, 7) is 2.04. The van der Waals surface area contributed by atoms with Crippen molar-refractivity contribution < 1.29 is 9.53 Å². The summed E-state index contributed by atoms with van der Waals surface area (Å²) in [5.74, 6) is 0.236. The maximum Gasteiger partial charge on any atom is 0.331 e. The van der Waals surface area contributed by atoms with Gasteiger partial charge >= 0.3 is 5.69 Å². The third kappa shape index (κ3) is 4.28. The van der Waals surface area contributed by atoms with Gasteiger partial charge in [0, 0.05) is 38.9 Å². The van der Waals surface area contributed by atoms with Crippen molar-refractivity contribution in [2.75, 3.05) is 25.5 Å². The lowest BCUT2D eigenvalue weighted by atomic mass is 10.1. The van der Waals surface area contributed by atoms with Crippen molar-refractivity contribution in [3.8, 4) is 5.75 Å². The number of ether oxygens (including phenoxy) is 1. The molecule has 1 N–H and O–H groups in total. The number of carbonyl (C=O) groups is 1. The van der Waals surface area contributed by atoms with E-state index in [9.17, 15) is 14.4 Å². The first-order valence-corrected chi connectivity index (χ1v) is 8.89. The van der Waals surface area contributed by atoms with Crippen LogP contribution in [0.15, 0.2) is 39.9 Å². The van der Waals surface area contributed by atoms with Crippen LogP contribution in [0.1, 0.15) is 23.3 Å². The molecule has 3 rings (SSSR count). The molecule has 0 bridgehead atoms. The van der Waals surface area contributed by atoms with Crippen LogP contribution in [0.3, 0.4) is 0 Å². The van der Waals surface area contributed by atoms with Crippen LogP contribution in [0.4, 0.5) is 5.69 Å². The highest BCUT2D eigenvalue weighted by Crippen LogP contribution is 2.21. The second kappa shape index (κ2) is 7.79. The Labute approximate surface area is 157 Å². The van der Waals surface area contributed by atoms with Crippen LogP contribution in [0.25, 0.3) is 0 Å². The monoisotopic (exact) mass is 372 g/mol. The van der Waals surface area contributed by atoms with Crippen molar-refractivity contribution in [2.45, 2.75) is 18.9 Å². The lowest BCUT2D eigenvalue weighted by molar-refractivity contribution is 0.101. The van der Waals surface area contributed by atoms with Crippen LogP contribution >= 0.6 is 0 Å². The maximum atomic E-state index is 12.4. The predicted octanol–water partition coefficient (Wildman–Crippen LogP) is 0.809. The summed E-state index contributed by atoms with van der Waals surface area (Å²) in [5.41, 5.74) is -0.502. The highest BCUT2D eigenvalue weighted by atomic mass is 16.5. The minimum Gasteiger partial charge on any atom is -0.490 e. The number of nitrogens with one attached hydrogen (secondary N) is 1. The molecule has 1 saturated heterocycles. The summed E-state index contributed by atoms with van der Waals surface area (Å²) in [7, 11) is 4.93. The molecule has 1 aromatic heterocycles. The third-order valence-electron chi connectivity index (χ3n) is 4.84. The molecule has 1 aliphatic rings. The Morgan fingerprint density at radius 1 is 1.04 bits per heavy atom. The molecule has 1 amide bonds. The van der Waals surface area contributed by atoms with Crippen LogP contribution in [0.5, 0.6) is 5.75 Å². The Hall–Kier alpha value is -2.87. The van der Waals surface area contributed by atoms with Crippen molar-refractivity contribution in [1.82, 2.24) is 14.0 Å². The maximum absolute atomic E-state index is 12.4. The Kier molecular flexibility index (Phi) is 5.46. The lowest BCUT2D eigenvalue weighted by Crippen LogP contribution is -2.40. The summed E-state index contributed by atoms with van der Waals surface area (Å²) in [4.78, 5) is 38.4. The van der Waals surface area contributed by atoms with Gasteiger partial charge in [-0.25, -0.2) is 4.79 Å². The summed E-state index contributed by atoms with van der Waals surface area (Å²) >= 11 is 0. The molecule has 27 heavy (non-hydrogen) atoms. The van der Waals surface area contributed by atoms with Gasteiger partial charge in [0.2, 0.25) is 0 Å². The van der Waals surface area contributed by atoms with Gasteiger partial charge in [0.05, 0.1) is 0 Å². The fourth-order valence-electron chi connectivity index (χ4n) is 3.06. The standard InChI is InChI=1S/C19H24N4O4/c1-21-10-8-15(9-11-21)27-14-6-4-13(5-7-14)20-18(25)16-12-17(24)23(3)19(26)22(16)2/h4-7,12,15H,8-11H2,1-3H3,(H,20,25). The molecule has 2 aromatic rings. The Morgan fingerprint density at radius 3 is 2.30 bits per heavy atom. The minimum atomic E-state index is -0.547. The van der Waals surface area contributed by atoms with E-state index in [-0.39, 0.29) is 11.8 Å². The van der Waals surface area contributed by atoms with Crippen molar-refractivity contribution in [2.24, 2.45) is 14.1 Å². The van der Waals surface area contributed by atoms with Gasteiger partial charge in [-0.05, 0) is 44.2 Å². The minimum absolute atomic E-state index is 0.00903. The largest absolute Gasteiger partial charge is 0.490 e. The molecule has 0 spiro atoms. The van der Waals surface area contributed by atoms with E-state index in [1.54, 1.807) is 24.3 Å². The molecule has 1 aliphatic heterocycles. The molecule has 0 atom stereocenters. The van der Waals surface area contributed by atoms with Crippen molar-refractivity contribution in [1.29, 1.82) is 0 Å². The van der Waals surface area contributed by atoms with E-state index in [1.165, 1.54) is 14.1 Å². The molecule has 0 unspecified atom stereocenters. The number of rotatable bonds is 4. The second-order valence-corrected chi connectivity index (χ2v) is 6.87. The number of hydrogen-bond donors (Lipinski definition) is 1. The predicted molar refractivity (Wildman–Crippen MR) is 102 cm³/mol. The summed E-state index contributed by atoms with van der Waals surface area (Å²) in [6.07, 6.45) is 2.19. The van der Waals surface area contributed by atoms with E-state index >= 15 is 0 Å². The SMILES string of the molecule is CN1CCC(Oc2ccc(NC(=O)c3cc(=O)n(C)c(=O)n3C)cc2)CC1. The van der Waals surface area contributed by atoms with Crippen molar-refractivity contribution >= 4 is 11.6 Å². The molecule has 144 valence electrons. The molecule has 0 saturated carbocycles. The van der Waals surface area contributed by atoms with Gasteiger partial charge in [-0.1, -0.05) is 0 Å². The molecule has 8 nitrogen and oxygen atoms in total. The molecular weight excluding hydrogens is 348 g/mol. The number of piperidine rings is 1. The Balaban J connectivity index is 1.67. The van der Waals surface area contributed by atoms with Crippen molar-refractivity contribution in [3.63, 3.8) is 0 Å². The number of nitrogens with zero attached hydrogens (tertiary/aromatic N) is 3. The van der Waals surface area contributed by atoms with E-state index in [0.717, 1.165) is 46.9 Å². The van der Waals surface area contributed by atoms with Gasteiger partial charge in [-0.15, -0.1) is 0 Å². The topological polar surface area (TPSA) is 85.6 Å². The second-order valence-electron chi connectivity index (χ2n) is 6.87. The fraction of sp³-hybridized carbons (Fsp3) is 0.421. The average molecular weight is 372 g/mol. The number of likely N-dealkylation sites (tertiary alicyclic amines) is 1. The summed E-state index contributed by atoms with van der Waals surface area (Å²) in [5, 5.41) is 2.70. The zero-order chi connectivity index (χ0) is 19.6. The molecule has 2 heterocycles. The number of amides is 1. The van der Waals surface area contributed by atoms with Gasteiger partial charge in [0.1, 0.15) is 17.5 Å². The highest BCUT2D eigenvalue weighted by Gasteiger charge is 2.18. The third-order valence-corrected chi connectivity index (χ3v) is 4.84. The van der Waals surface area contributed by atoms with E-state index < -0.39 is 17.2 Å². The Morgan fingerprint density at radius 2 is 1.67 bits per heavy atom. The zero-order valence-corrected chi connectivity index (χ0v) is 15.8. The van der Waals surface area contributed by atoms with E-state index in [1.807, 2.05) is 0 Å². The van der Waals surface area contributed by atoms with Gasteiger partial charge in [-0.2, -0.15) is 0 Å². The number of carbonyl (C=O) groups excluding carboxylic acids is 1. The Bertz CT molecular complexity index is 938. The molecule has 1 fully saturated rings.